The minimum absolute atomic E-state index is 0.201. The van der Waals surface area contributed by atoms with Crippen molar-refractivity contribution in [1.82, 2.24) is 0 Å². The lowest BCUT2D eigenvalue weighted by atomic mass is 10.0. The second-order valence-electron chi connectivity index (χ2n) is 5.75. The summed E-state index contributed by atoms with van der Waals surface area (Å²) in [5, 5.41) is 14.2. The fourth-order valence-corrected chi connectivity index (χ4v) is 2.30. The molecule has 0 fully saturated rings. The predicted octanol–water partition coefficient (Wildman–Crippen LogP) is 4.92. The number of para-hydroxylation sites is 1. The second kappa shape index (κ2) is 8.56. The Balaban J connectivity index is 2.32. The standard InChI is InChI=1S/C16H26N2O2/c1-13(2)9-6-4-5-7-12-17-15-11-8-10-14(3)16(15)18(19)20/h8,10-11,13,17H,4-7,9,12H2,1-3H3. The van der Waals surface area contributed by atoms with Gasteiger partial charge in [0, 0.05) is 12.1 Å². The van der Waals surface area contributed by atoms with E-state index in [1.54, 1.807) is 19.1 Å². The molecule has 1 N–H and O–H groups in total. The zero-order chi connectivity index (χ0) is 15.0. The zero-order valence-corrected chi connectivity index (χ0v) is 12.8. The van der Waals surface area contributed by atoms with Crippen molar-refractivity contribution >= 4 is 11.4 Å². The van der Waals surface area contributed by atoms with Crippen molar-refractivity contribution in [2.45, 2.75) is 52.9 Å². The van der Waals surface area contributed by atoms with Crippen LogP contribution < -0.4 is 5.32 Å². The van der Waals surface area contributed by atoms with Crippen LogP contribution in [0.5, 0.6) is 0 Å². The number of aryl methyl sites for hydroxylation is 1. The number of rotatable bonds is 9. The molecule has 112 valence electrons. The third kappa shape index (κ3) is 5.59. The largest absolute Gasteiger partial charge is 0.379 e. The summed E-state index contributed by atoms with van der Waals surface area (Å²) in [5.74, 6) is 0.781. The number of nitro groups is 1. The van der Waals surface area contributed by atoms with Gasteiger partial charge in [0.15, 0.2) is 0 Å². The van der Waals surface area contributed by atoms with Crippen molar-refractivity contribution in [2.24, 2.45) is 5.92 Å². The Kier molecular flexibility index (Phi) is 7.05. The van der Waals surface area contributed by atoms with E-state index in [0.717, 1.165) is 18.9 Å². The van der Waals surface area contributed by atoms with Crippen molar-refractivity contribution in [3.63, 3.8) is 0 Å². The first-order valence-electron chi connectivity index (χ1n) is 7.50. The zero-order valence-electron chi connectivity index (χ0n) is 12.8. The lowest BCUT2D eigenvalue weighted by Gasteiger charge is -2.09. The van der Waals surface area contributed by atoms with Gasteiger partial charge in [0.1, 0.15) is 5.69 Å². The molecule has 0 aromatic heterocycles. The van der Waals surface area contributed by atoms with Crippen LogP contribution in [0.25, 0.3) is 0 Å². The van der Waals surface area contributed by atoms with Crippen molar-refractivity contribution in [2.75, 3.05) is 11.9 Å². The van der Waals surface area contributed by atoms with Gasteiger partial charge in [-0.1, -0.05) is 51.7 Å². The van der Waals surface area contributed by atoms with E-state index in [1.807, 2.05) is 6.07 Å². The van der Waals surface area contributed by atoms with Gasteiger partial charge in [0.2, 0.25) is 0 Å². The molecule has 0 amide bonds. The Morgan fingerprint density at radius 2 is 1.90 bits per heavy atom. The summed E-state index contributed by atoms with van der Waals surface area (Å²) in [4.78, 5) is 10.7. The number of anilines is 1. The highest BCUT2D eigenvalue weighted by atomic mass is 16.6. The van der Waals surface area contributed by atoms with Crippen LogP contribution in [0, 0.1) is 23.0 Å². The first-order valence-corrected chi connectivity index (χ1v) is 7.50. The molecule has 0 saturated carbocycles. The highest BCUT2D eigenvalue weighted by molar-refractivity contribution is 5.64. The molecule has 1 aromatic carbocycles. The number of hydrogen-bond acceptors (Lipinski definition) is 3. The maximum Gasteiger partial charge on any atom is 0.295 e. The smallest absolute Gasteiger partial charge is 0.295 e. The average Bonchev–Trinajstić information content (AvgIpc) is 2.36. The van der Waals surface area contributed by atoms with E-state index in [-0.39, 0.29) is 10.6 Å². The van der Waals surface area contributed by atoms with Gasteiger partial charge in [-0.2, -0.15) is 0 Å². The van der Waals surface area contributed by atoms with E-state index < -0.39 is 0 Å². The molecule has 1 aromatic rings. The van der Waals surface area contributed by atoms with E-state index in [2.05, 4.69) is 19.2 Å². The highest BCUT2D eigenvalue weighted by Crippen LogP contribution is 2.27. The van der Waals surface area contributed by atoms with Gasteiger partial charge >= 0.3 is 0 Å². The number of nitro benzene ring substituents is 1. The quantitative estimate of drug-likeness (QED) is 0.396. The molecule has 4 heteroatoms. The maximum absolute atomic E-state index is 11.0. The number of benzene rings is 1. The number of hydrogen-bond donors (Lipinski definition) is 1. The van der Waals surface area contributed by atoms with Gasteiger partial charge in [0.25, 0.3) is 5.69 Å². The Labute approximate surface area is 121 Å². The van der Waals surface area contributed by atoms with Crippen LogP contribution in [-0.2, 0) is 0 Å². The predicted molar refractivity (Wildman–Crippen MR) is 84.2 cm³/mol. The molecule has 4 nitrogen and oxygen atoms in total. The molecule has 0 heterocycles. The Hall–Kier alpha value is -1.58. The van der Waals surface area contributed by atoms with Crippen molar-refractivity contribution in [1.29, 1.82) is 0 Å². The van der Waals surface area contributed by atoms with Crippen LogP contribution in [0.4, 0.5) is 11.4 Å². The Bertz CT molecular complexity index is 430. The molecule has 0 atom stereocenters. The van der Waals surface area contributed by atoms with E-state index in [1.165, 1.54) is 25.7 Å². The molecule has 0 bridgehead atoms. The molecule has 0 spiro atoms. The first-order chi connectivity index (χ1) is 9.52. The minimum Gasteiger partial charge on any atom is -0.379 e. The number of nitrogens with one attached hydrogen (secondary N) is 1. The van der Waals surface area contributed by atoms with Gasteiger partial charge in [-0.15, -0.1) is 0 Å². The van der Waals surface area contributed by atoms with Crippen LogP contribution in [0.3, 0.4) is 0 Å². The summed E-state index contributed by atoms with van der Waals surface area (Å²) in [6.07, 6.45) is 6.05. The van der Waals surface area contributed by atoms with Crippen LogP contribution in [0.1, 0.15) is 51.5 Å². The Morgan fingerprint density at radius 3 is 2.55 bits per heavy atom. The van der Waals surface area contributed by atoms with Crippen molar-refractivity contribution in [3.8, 4) is 0 Å². The van der Waals surface area contributed by atoms with Gasteiger partial charge in [-0.05, 0) is 25.3 Å². The SMILES string of the molecule is Cc1cccc(NCCCCCCC(C)C)c1[N+](=O)[O-]. The summed E-state index contributed by atoms with van der Waals surface area (Å²) in [6, 6.07) is 5.41. The number of nitrogens with zero attached hydrogens (tertiary/aromatic N) is 1. The normalized spacial score (nSPS) is 10.8. The van der Waals surface area contributed by atoms with Crippen molar-refractivity contribution in [3.05, 3.63) is 33.9 Å². The van der Waals surface area contributed by atoms with E-state index >= 15 is 0 Å². The Morgan fingerprint density at radius 1 is 1.20 bits per heavy atom. The summed E-state index contributed by atoms with van der Waals surface area (Å²) in [6.45, 7) is 7.07. The van der Waals surface area contributed by atoms with Crippen LogP contribution >= 0.6 is 0 Å². The lowest BCUT2D eigenvalue weighted by Crippen LogP contribution is -2.05. The van der Waals surface area contributed by atoms with E-state index in [0.29, 0.717) is 11.3 Å². The van der Waals surface area contributed by atoms with Gasteiger partial charge < -0.3 is 5.32 Å². The minimum atomic E-state index is -0.305. The summed E-state index contributed by atoms with van der Waals surface area (Å²) < 4.78 is 0. The fourth-order valence-electron chi connectivity index (χ4n) is 2.30. The highest BCUT2D eigenvalue weighted by Gasteiger charge is 2.15. The van der Waals surface area contributed by atoms with E-state index in [4.69, 9.17) is 0 Å². The van der Waals surface area contributed by atoms with Crippen LogP contribution in [0.15, 0.2) is 18.2 Å². The molecule has 0 aliphatic rings. The summed E-state index contributed by atoms with van der Waals surface area (Å²) >= 11 is 0. The molecule has 0 aliphatic heterocycles. The molecule has 0 radical (unpaired) electrons. The van der Waals surface area contributed by atoms with Crippen molar-refractivity contribution < 1.29 is 4.92 Å². The monoisotopic (exact) mass is 278 g/mol. The summed E-state index contributed by atoms with van der Waals surface area (Å²) in [7, 11) is 0. The third-order valence-corrected chi connectivity index (χ3v) is 3.44. The molecule has 0 aliphatic carbocycles. The summed E-state index contributed by atoms with van der Waals surface area (Å²) in [5.41, 5.74) is 1.54. The van der Waals surface area contributed by atoms with E-state index in [9.17, 15) is 10.1 Å². The molecule has 0 saturated heterocycles. The van der Waals surface area contributed by atoms with Gasteiger partial charge in [-0.25, -0.2) is 0 Å². The fraction of sp³-hybridized carbons (Fsp3) is 0.625. The molecule has 20 heavy (non-hydrogen) atoms. The first kappa shape index (κ1) is 16.5. The average molecular weight is 278 g/mol. The van der Waals surface area contributed by atoms with Crippen LogP contribution in [0.2, 0.25) is 0 Å². The molecular weight excluding hydrogens is 252 g/mol. The maximum atomic E-state index is 11.0. The van der Waals surface area contributed by atoms with Crippen LogP contribution in [-0.4, -0.2) is 11.5 Å². The molecule has 0 unspecified atom stereocenters. The number of unbranched alkanes of at least 4 members (excludes halogenated alkanes) is 3. The lowest BCUT2D eigenvalue weighted by molar-refractivity contribution is -0.384. The molecule has 1 rings (SSSR count). The van der Waals surface area contributed by atoms with Gasteiger partial charge in [0.05, 0.1) is 4.92 Å². The second-order valence-corrected chi connectivity index (χ2v) is 5.75. The topological polar surface area (TPSA) is 55.2 Å². The third-order valence-electron chi connectivity index (χ3n) is 3.44. The van der Waals surface area contributed by atoms with Gasteiger partial charge in [-0.3, -0.25) is 10.1 Å². The molecular formula is C16H26N2O2.